The number of para-hydroxylation sites is 1. The monoisotopic (exact) mass is 242 g/mol. The summed E-state index contributed by atoms with van der Waals surface area (Å²) in [4.78, 5) is 3.38. The summed E-state index contributed by atoms with van der Waals surface area (Å²) in [6.07, 6.45) is 8.79. The lowest BCUT2D eigenvalue weighted by molar-refractivity contribution is 0.242. The van der Waals surface area contributed by atoms with Crippen LogP contribution in [0.15, 0.2) is 30.5 Å². The summed E-state index contributed by atoms with van der Waals surface area (Å²) < 4.78 is 0. The third kappa shape index (κ3) is 2.17. The zero-order chi connectivity index (χ0) is 12.4. The number of fused-ring (bicyclic) bond motifs is 1. The lowest BCUT2D eigenvalue weighted by Crippen LogP contribution is -2.28. The van der Waals surface area contributed by atoms with E-state index in [0.717, 1.165) is 18.4 Å². The summed E-state index contributed by atoms with van der Waals surface area (Å²) in [6.45, 7) is 0.854. The standard InChI is InChI=1S/C16H22N2/c17-10-13-6-2-1-5-12(13)9-14-11-18-16-8-4-3-7-15(14)16/h3-4,7-8,11-13,18H,1-2,5-6,9-10,17H2. The van der Waals surface area contributed by atoms with Crippen molar-refractivity contribution < 1.29 is 0 Å². The van der Waals surface area contributed by atoms with Gasteiger partial charge in [-0.2, -0.15) is 0 Å². The third-order valence-corrected chi connectivity index (χ3v) is 4.53. The molecule has 1 aromatic heterocycles. The maximum atomic E-state index is 5.93. The first-order valence-corrected chi connectivity index (χ1v) is 7.13. The highest BCUT2D eigenvalue weighted by molar-refractivity contribution is 5.83. The Balaban J connectivity index is 1.82. The first-order chi connectivity index (χ1) is 8.88. The summed E-state index contributed by atoms with van der Waals surface area (Å²) in [6, 6.07) is 8.59. The smallest absolute Gasteiger partial charge is 0.0456 e. The summed E-state index contributed by atoms with van der Waals surface area (Å²) in [7, 11) is 0. The Kier molecular flexibility index (Phi) is 3.37. The summed E-state index contributed by atoms with van der Waals surface area (Å²) in [5.74, 6) is 1.51. The molecule has 2 heteroatoms. The van der Waals surface area contributed by atoms with Crippen LogP contribution in [0.1, 0.15) is 31.2 Å². The molecule has 1 aromatic carbocycles. The predicted octanol–water partition coefficient (Wildman–Crippen LogP) is 3.48. The molecule has 0 amide bonds. The number of hydrogen-bond acceptors (Lipinski definition) is 1. The maximum Gasteiger partial charge on any atom is 0.0456 e. The van der Waals surface area contributed by atoms with Crippen LogP contribution in [0, 0.1) is 11.8 Å². The van der Waals surface area contributed by atoms with E-state index in [1.165, 1.54) is 48.6 Å². The molecule has 1 aliphatic rings. The first-order valence-electron chi connectivity index (χ1n) is 7.13. The fraction of sp³-hybridized carbons (Fsp3) is 0.500. The molecule has 0 aliphatic heterocycles. The maximum absolute atomic E-state index is 5.93. The van der Waals surface area contributed by atoms with Crippen LogP contribution in [-0.4, -0.2) is 11.5 Å². The Morgan fingerprint density at radius 2 is 1.89 bits per heavy atom. The van der Waals surface area contributed by atoms with Crippen LogP contribution in [0.25, 0.3) is 10.9 Å². The molecule has 1 aliphatic carbocycles. The zero-order valence-electron chi connectivity index (χ0n) is 10.9. The highest BCUT2D eigenvalue weighted by Crippen LogP contribution is 2.33. The van der Waals surface area contributed by atoms with Crippen LogP contribution in [0.2, 0.25) is 0 Å². The molecular formula is C16H22N2. The molecule has 2 atom stereocenters. The van der Waals surface area contributed by atoms with Gasteiger partial charge in [0.25, 0.3) is 0 Å². The zero-order valence-corrected chi connectivity index (χ0v) is 10.9. The highest BCUT2D eigenvalue weighted by Gasteiger charge is 2.24. The van der Waals surface area contributed by atoms with Crippen molar-refractivity contribution >= 4 is 10.9 Å². The predicted molar refractivity (Wildman–Crippen MR) is 76.5 cm³/mol. The SMILES string of the molecule is NCC1CCCCC1Cc1c[nH]c2ccccc12. The van der Waals surface area contributed by atoms with E-state index in [1.54, 1.807) is 0 Å². The van der Waals surface area contributed by atoms with Gasteiger partial charge in [-0.1, -0.05) is 31.0 Å². The number of benzene rings is 1. The van der Waals surface area contributed by atoms with Crippen LogP contribution in [0.4, 0.5) is 0 Å². The topological polar surface area (TPSA) is 41.8 Å². The molecule has 0 radical (unpaired) electrons. The average Bonchev–Trinajstić information content (AvgIpc) is 2.83. The molecule has 3 N–H and O–H groups in total. The summed E-state index contributed by atoms with van der Waals surface area (Å²) >= 11 is 0. The van der Waals surface area contributed by atoms with E-state index in [2.05, 4.69) is 35.4 Å². The molecule has 0 bridgehead atoms. The molecular weight excluding hydrogens is 220 g/mol. The summed E-state index contributed by atoms with van der Waals surface area (Å²) in [5.41, 5.74) is 8.65. The number of nitrogens with two attached hydrogens (primary N) is 1. The van der Waals surface area contributed by atoms with Crippen LogP contribution < -0.4 is 5.73 Å². The Hall–Kier alpha value is -1.28. The normalized spacial score (nSPS) is 24.5. The molecule has 2 aromatic rings. The van der Waals surface area contributed by atoms with Crippen molar-refractivity contribution in [2.75, 3.05) is 6.54 Å². The first kappa shape index (κ1) is 11.8. The van der Waals surface area contributed by atoms with Crippen molar-refractivity contribution in [3.63, 3.8) is 0 Å². The van der Waals surface area contributed by atoms with E-state index < -0.39 is 0 Å². The van der Waals surface area contributed by atoms with E-state index in [-0.39, 0.29) is 0 Å². The van der Waals surface area contributed by atoms with E-state index >= 15 is 0 Å². The van der Waals surface area contributed by atoms with Gasteiger partial charge in [-0.05, 0) is 49.3 Å². The molecule has 18 heavy (non-hydrogen) atoms. The van der Waals surface area contributed by atoms with Gasteiger partial charge in [0.2, 0.25) is 0 Å². The fourth-order valence-electron chi connectivity index (χ4n) is 3.45. The van der Waals surface area contributed by atoms with Crippen LogP contribution in [-0.2, 0) is 6.42 Å². The van der Waals surface area contributed by atoms with Gasteiger partial charge < -0.3 is 10.7 Å². The largest absolute Gasteiger partial charge is 0.361 e. The fourth-order valence-corrected chi connectivity index (χ4v) is 3.45. The molecule has 0 saturated heterocycles. The lowest BCUT2D eigenvalue weighted by atomic mass is 9.76. The van der Waals surface area contributed by atoms with Gasteiger partial charge in [-0.15, -0.1) is 0 Å². The Morgan fingerprint density at radius 3 is 2.72 bits per heavy atom. The van der Waals surface area contributed by atoms with Crippen LogP contribution in [0.5, 0.6) is 0 Å². The van der Waals surface area contributed by atoms with Crippen molar-refractivity contribution in [1.82, 2.24) is 4.98 Å². The van der Waals surface area contributed by atoms with Gasteiger partial charge in [0.1, 0.15) is 0 Å². The number of hydrogen-bond donors (Lipinski definition) is 2. The minimum atomic E-state index is 0.729. The van der Waals surface area contributed by atoms with Crippen molar-refractivity contribution in [1.29, 1.82) is 0 Å². The second kappa shape index (κ2) is 5.15. The van der Waals surface area contributed by atoms with Crippen molar-refractivity contribution in [3.05, 3.63) is 36.0 Å². The third-order valence-electron chi connectivity index (χ3n) is 4.53. The van der Waals surface area contributed by atoms with Gasteiger partial charge in [0.15, 0.2) is 0 Å². The molecule has 1 fully saturated rings. The van der Waals surface area contributed by atoms with Crippen molar-refractivity contribution in [2.45, 2.75) is 32.1 Å². The number of H-pyrrole nitrogens is 1. The van der Waals surface area contributed by atoms with Gasteiger partial charge in [0.05, 0.1) is 0 Å². The lowest BCUT2D eigenvalue weighted by Gasteiger charge is -2.30. The molecule has 1 saturated carbocycles. The van der Waals surface area contributed by atoms with E-state index in [1.807, 2.05) is 0 Å². The van der Waals surface area contributed by atoms with E-state index in [0.29, 0.717) is 0 Å². The second-order valence-corrected chi connectivity index (χ2v) is 5.60. The molecule has 96 valence electrons. The minimum Gasteiger partial charge on any atom is -0.361 e. The van der Waals surface area contributed by atoms with Crippen molar-refractivity contribution in [3.8, 4) is 0 Å². The molecule has 2 nitrogen and oxygen atoms in total. The quantitative estimate of drug-likeness (QED) is 0.850. The molecule has 3 rings (SSSR count). The number of nitrogens with one attached hydrogen (secondary N) is 1. The Bertz CT molecular complexity index is 515. The van der Waals surface area contributed by atoms with Gasteiger partial charge in [-0.25, -0.2) is 0 Å². The molecule has 0 spiro atoms. The van der Waals surface area contributed by atoms with Gasteiger partial charge in [-0.3, -0.25) is 0 Å². The van der Waals surface area contributed by atoms with Crippen molar-refractivity contribution in [2.24, 2.45) is 17.6 Å². The number of rotatable bonds is 3. The number of aromatic amines is 1. The van der Waals surface area contributed by atoms with E-state index in [4.69, 9.17) is 5.73 Å². The minimum absolute atomic E-state index is 0.729. The molecule has 2 unspecified atom stereocenters. The summed E-state index contributed by atoms with van der Waals surface area (Å²) in [5, 5.41) is 1.39. The highest BCUT2D eigenvalue weighted by atomic mass is 14.7. The van der Waals surface area contributed by atoms with E-state index in [9.17, 15) is 0 Å². The second-order valence-electron chi connectivity index (χ2n) is 5.60. The Labute approximate surface area is 109 Å². The van der Waals surface area contributed by atoms with Gasteiger partial charge in [0, 0.05) is 17.1 Å². The van der Waals surface area contributed by atoms with Crippen LogP contribution >= 0.6 is 0 Å². The molecule has 1 heterocycles. The van der Waals surface area contributed by atoms with Crippen LogP contribution in [0.3, 0.4) is 0 Å². The van der Waals surface area contributed by atoms with Gasteiger partial charge >= 0.3 is 0 Å². The Morgan fingerprint density at radius 1 is 1.11 bits per heavy atom. The number of aromatic nitrogens is 1. The average molecular weight is 242 g/mol.